The van der Waals surface area contributed by atoms with E-state index in [1.165, 1.54) is 114 Å². The summed E-state index contributed by atoms with van der Waals surface area (Å²) in [5.74, 6) is -0.617. The van der Waals surface area contributed by atoms with Crippen molar-refractivity contribution in [2.24, 2.45) is 11.7 Å². The Kier molecular flexibility index (Phi) is 23.3. The van der Waals surface area contributed by atoms with E-state index in [9.17, 15) is 36.7 Å². The van der Waals surface area contributed by atoms with E-state index in [4.69, 9.17) is 24.7 Å². The molecular formula is C81H86F4N16O8. The molecule has 566 valence electrons. The number of likely N-dealkylation sites (tertiary alicyclic amines) is 1. The van der Waals surface area contributed by atoms with Crippen molar-refractivity contribution in [1.82, 2.24) is 53.1 Å². The van der Waals surface area contributed by atoms with Gasteiger partial charge in [0.15, 0.2) is 46.3 Å². The smallest absolute Gasteiger partial charge is 0.258 e. The molecule has 5 N–H and O–H groups in total. The van der Waals surface area contributed by atoms with Crippen LogP contribution in [0.5, 0.6) is 23.0 Å². The third-order valence-electron chi connectivity index (χ3n) is 20.2. The highest BCUT2D eigenvalue weighted by Crippen LogP contribution is 2.31. The van der Waals surface area contributed by atoms with E-state index < -0.39 is 23.3 Å². The third-order valence-corrected chi connectivity index (χ3v) is 20.2. The van der Waals surface area contributed by atoms with E-state index in [2.05, 4.69) is 62.5 Å². The van der Waals surface area contributed by atoms with Gasteiger partial charge in [0.25, 0.3) is 22.2 Å². The molecule has 28 heteroatoms. The Morgan fingerprint density at radius 3 is 1.11 bits per heavy atom. The molecule has 4 saturated heterocycles. The van der Waals surface area contributed by atoms with Gasteiger partial charge in [-0.3, -0.25) is 36.8 Å². The zero-order valence-corrected chi connectivity index (χ0v) is 61.6. The second-order valence-electron chi connectivity index (χ2n) is 27.4. The number of nitrogens with two attached hydrogens (primary N) is 1. The fraction of sp³-hybridized carbons (Fsp3) is 0.309. The minimum atomic E-state index is -0.493. The normalized spacial score (nSPS) is 16.6. The zero-order chi connectivity index (χ0) is 76.6. The van der Waals surface area contributed by atoms with E-state index in [0.29, 0.717) is 85.6 Å². The summed E-state index contributed by atoms with van der Waals surface area (Å²) in [5, 5.41) is 10.0. The number of aromatic nitrogens is 8. The van der Waals surface area contributed by atoms with Crippen LogP contribution < -0.4 is 77.6 Å². The predicted octanol–water partition coefficient (Wildman–Crippen LogP) is 9.92. The van der Waals surface area contributed by atoms with Crippen LogP contribution in [0.2, 0.25) is 0 Å². The molecule has 4 fully saturated rings. The first kappa shape index (κ1) is 75.5. The number of benzene rings is 4. The van der Waals surface area contributed by atoms with Crippen molar-refractivity contribution in [3.8, 4) is 68.0 Å². The summed E-state index contributed by atoms with van der Waals surface area (Å²) in [6.07, 6.45) is 12.6. The van der Waals surface area contributed by atoms with Gasteiger partial charge in [-0.2, -0.15) is 0 Å². The molecule has 0 unspecified atom stereocenters. The number of methoxy groups -OCH3 is 4. The first-order valence-electron chi connectivity index (χ1n) is 36.0. The molecule has 0 bridgehead atoms. The lowest BCUT2D eigenvalue weighted by molar-refractivity contribution is 0.386. The van der Waals surface area contributed by atoms with E-state index in [0.717, 1.165) is 114 Å². The Balaban J connectivity index is 0.000000128. The summed E-state index contributed by atoms with van der Waals surface area (Å²) >= 11 is 0. The average Bonchev–Trinajstić information content (AvgIpc) is 1.49. The van der Waals surface area contributed by atoms with Crippen molar-refractivity contribution < 1.29 is 36.5 Å². The molecule has 0 aliphatic carbocycles. The molecule has 0 spiro atoms. The number of rotatable bonds is 16. The largest absolute Gasteiger partial charge is 0.494 e. The molecule has 24 nitrogen and oxygen atoms in total. The van der Waals surface area contributed by atoms with Crippen LogP contribution in [-0.4, -0.2) is 169 Å². The molecule has 16 rings (SSSR count). The number of nitrogens with zero attached hydrogens (tertiary/aromatic N) is 12. The van der Waals surface area contributed by atoms with Crippen LogP contribution in [0.1, 0.15) is 32.1 Å². The Hall–Kier alpha value is -11.7. The predicted molar refractivity (Wildman–Crippen MR) is 417 cm³/mol. The first-order chi connectivity index (χ1) is 52.7. The third kappa shape index (κ3) is 17.3. The van der Waals surface area contributed by atoms with Gasteiger partial charge in [0.2, 0.25) is 0 Å². The lowest BCUT2D eigenvalue weighted by Gasteiger charge is -2.33. The highest BCUT2D eigenvalue weighted by molar-refractivity contribution is 5.68. The van der Waals surface area contributed by atoms with Crippen molar-refractivity contribution >= 4 is 45.3 Å². The Labute approximate surface area is 625 Å². The minimum Gasteiger partial charge on any atom is -0.494 e. The maximum atomic E-state index is 14.0. The van der Waals surface area contributed by atoms with Gasteiger partial charge in [-0.15, -0.1) is 0 Å². The Morgan fingerprint density at radius 1 is 0.413 bits per heavy atom. The van der Waals surface area contributed by atoms with Crippen LogP contribution in [-0.2, 0) is 0 Å². The number of hydrogen-bond donors (Lipinski definition) is 4. The van der Waals surface area contributed by atoms with Crippen molar-refractivity contribution in [3.05, 3.63) is 235 Å². The monoisotopic (exact) mass is 1490 g/mol. The standard InChI is InChI=1S/C22H25FN4O2.2C20H21FN4O2.C19H19FN4O2/c1-24-13-15-7-9-26(10-8-15)17-4-6-21-25-19(12-22(28)27(21)14-17)16-3-5-20(29-2)18(23)11-16;1-22-14-7-8-24(11-14)15-4-6-19-23-17(10-20(26)25(19)12-15)13-3-5-18(27-2)16(21)9-13;1-24-8-7-15(11-24)22-14-4-6-19-23-17(10-20(26)25(19)12-14)13-3-5-18(27-2)16(21)9-13;1-26-17-4-2-12(8-15(17)20)16-9-19(25)24-11-14(3-5-18(24)22-16)23-7-6-13(21)10-23/h3-6,11-12,14-15,24H,7-10,13H2,1-2H3;3-6,9-10,12,14,22H,7-8,11H2,1-2H3;3-6,9-10,12,15,22H,7-8,11H2,1-2H3;2-5,8-9,11,13H,6-7,10,21H2,1H3/t;14-;15-;13-/m.010/s1. The number of likely N-dealkylation sites (N-methyl/N-ethyl adjacent to an activating group) is 2. The zero-order valence-electron chi connectivity index (χ0n) is 61.6. The lowest BCUT2D eigenvalue weighted by Crippen LogP contribution is -2.37. The number of ether oxygens (including phenoxy) is 4. The highest BCUT2D eigenvalue weighted by Gasteiger charge is 2.25. The fourth-order valence-electron chi connectivity index (χ4n) is 14.1. The summed E-state index contributed by atoms with van der Waals surface area (Å²) in [5.41, 5.74) is 15.0. The number of nitrogens with one attached hydrogen (secondary N) is 3. The Morgan fingerprint density at radius 2 is 0.771 bits per heavy atom. The van der Waals surface area contributed by atoms with Gasteiger partial charge in [0.05, 0.1) is 74.0 Å². The number of fused-ring (bicyclic) bond motifs is 4. The van der Waals surface area contributed by atoms with Crippen LogP contribution in [0.25, 0.3) is 67.6 Å². The van der Waals surface area contributed by atoms with Gasteiger partial charge in [0, 0.05) is 135 Å². The summed E-state index contributed by atoms with van der Waals surface area (Å²) in [4.78, 5) is 77.6. The maximum Gasteiger partial charge on any atom is 0.258 e. The number of anilines is 4. The molecule has 109 heavy (non-hydrogen) atoms. The van der Waals surface area contributed by atoms with Crippen LogP contribution >= 0.6 is 0 Å². The molecule has 8 aromatic heterocycles. The van der Waals surface area contributed by atoms with E-state index in [1.54, 1.807) is 53.2 Å². The van der Waals surface area contributed by atoms with Crippen LogP contribution in [0.15, 0.2) is 190 Å². The van der Waals surface area contributed by atoms with E-state index in [-0.39, 0.29) is 51.3 Å². The van der Waals surface area contributed by atoms with Gasteiger partial charge in [0.1, 0.15) is 22.6 Å². The summed E-state index contributed by atoms with van der Waals surface area (Å²) < 4.78 is 81.8. The fourth-order valence-corrected chi connectivity index (χ4v) is 14.1. The topological polar surface area (TPSA) is 249 Å². The lowest BCUT2D eigenvalue weighted by atomic mass is 9.96. The quantitative estimate of drug-likeness (QED) is 0.0657. The molecule has 4 aliphatic heterocycles. The summed E-state index contributed by atoms with van der Waals surface area (Å²) in [6, 6.07) is 39.9. The van der Waals surface area contributed by atoms with Gasteiger partial charge >= 0.3 is 0 Å². The van der Waals surface area contributed by atoms with Crippen molar-refractivity contribution in [2.45, 2.75) is 50.2 Å². The second-order valence-corrected chi connectivity index (χ2v) is 27.4. The molecule has 0 radical (unpaired) electrons. The first-order valence-corrected chi connectivity index (χ1v) is 36.0. The minimum absolute atomic E-state index is 0.153. The van der Waals surface area contributed by atoms with E-state index >= 15 is 0 Å². The van der Waals surface area contributed by atoms with Gasteiger partial charge in [-0.1, -0.05) is 0 Å². The number of pyridine rings is 4. The molecule has 4 aliphatic rings. The molecular weight excluding hydrogens is 1400 g/mol. The van der Waals surface area contributed by atoms with Gasteiger partial charge < -0.3 is 60.2 Å². The highest BCUT2D eigenvalue weighted by atomic mass is 19.1. The summed E-state index contributed by atoms with van der Waals surface area (Å²) in [6.45, 7) is 8.54. The molecule has 0 amide bonds. The molecule has 12 aromatic rings. The average molecular weight is 1490 g/mol. The number of piperidine rings is 1. The van der Waals surface area contributed by atoms with Crippen molar-refractivity contribution in [1.29, 1.82) is 0 Å². The molecule has 0 saturated carbocycles. The second kappa shape index (κ2) is 33.6. The van der Waals surface area contributed by atoms with Crippen LogP contribution in [0.3, 0.4) is 0 Å². The molecule has 3 atom stereocenters. The summed E-state index contributed by atoms with van der Waals surface area (Å²) in [7, 11) is 11.7. The molecule has 4 aromatic carbocycles. The van der Waals surface area contributed by atoms with Gasteiger partial charge in [-0.05, 0) is 194 Å². The van der Waals surface area contributed by atoms with Gasteiger partial charge in [-0.25, -0.2) is 37.5 Å². The number of halogens is 4. The van der Waals surface area contributed by atoms with Crippen molar-refractivity contribution in [3.63, 3.8) is 0 Å². The van der Waals surface area contributed by atoms with Crippen LogP contribution in [0.4, 0.5) is 40.3 Å². The number of hydrogen-bond acceptors (Lipinski definition) is 20. The van der Waals surface area contributed by atoms with E-state index in [1.807, 2.05) is 62.9 Å². The maximum absolute atomic E-state index is 14.0. The SMILES string of the molecule is CNCC1CCN(c2ccc3nc(-c4ccc(OC)c(F)c4)cc(=O)n3c2)CC1.CN[C@H]1CCN(c2ccc3nc(-c4ccc(OC)c(F)c4)cc(=O)n3c2)C1.COc1ccc(-c2cc(=O)n3cc(N4CC[C@H](N)C4)ccc3n2)cc1F.COc1ccc(-c2cc(=O)n3cc(N[C@@H]4CCN(C)C4)ccc3n2)cc1F. The van der Waals surface area contributed by atoms with Crippen molar-refractivity contribution in [2.75, 3.05) is 129 Å². The molecule has 12 heterocycles. The van der Waals surface area contributed by atoms with Crippen LogP contribution in [0, 0.1) is 29.2 Å². The Bertz CT molecular complexity index is 5560.